The van der Waals surface area contributed by atoms with Gasteiger partial charge < -0.3 is 15.1 Å². The number of nitrogens with one attached hydrogen (secondary N) is 1. The molecule has 0 bridgehead atoms. The molecule has 4 heteroatoms. The van der Waals surface area contributed by atoms with E-state index in [1.807, 2.05) is 0 Å². The maximum Gasteiger partial charge on any atom is 0.0423 e. The maximum absolute atomic E-state index is 3.61. The lowest BCUT2D eigenvalue weighted by molar-refractivity contribution is 0.400. The normalized spacial score (nSPS) is 11.1. The Bertz CT molecular complexity index is 407. The van der Waals surface area contributed by atoms with Crippen molar-refractivity contribution in [2.24, 2.45) is 0 Å². The van der Waals surface area contributed by atoms with E-state index in [1.54, 1.807) is 0 Å². The van der Waals surface area contributed by atoms with Gasteiger partial charge in [0.1, 0.15) is 0 Å². The molecule has 0 aliphatic heterocycles. The molecule has 0 saturated heterocycles. The van der Waals surface area contributed by atoms with Crippen molar-refractivity contribution in [2.75, 3.05) is 45.2 Å². The van der Waals surface area contributed by atoms with E-state index in [9.17, 15) is 0 Å². The van der Waals surface area contributed by atoms with Crippen molar-refractivity contribution in [3.63, 3.8) is 0 Å². The van der Waals surface area contributed by atoms with Gasteiger partial charge in [-0.1, -0.05) is 28.9 Å². The van der Waals surface area contributed by atoms with Crippen LogP contribution in [0.4, 0.5) is 5.69 Å². The van der Waals surface area contributed by atoms with E-state index < -0.39 is 0 Å². The van der Waals surface area contributed by atoms with Crippen molar-refractivity contribution in [3.8, 4) is 0 Å². The molecule has 0 atom stereocenters. The second-order valence-electron chi connectivity index (χ2n) is 5.69. The maximum atomic E-state index is 3.61. The van der Waals surface area contributed by atoms with Gasteiger partial charge >= 0.3 is 0 Å². The van der Waals surface area contributed by atoms with Crippen molar-refractivity contribution in [1.29, 1.82) is 0 Å². The summed E-state index contributed by atoms with van der Waals surface area (Å²) in [6.07, 6.45) is 2.36. The van der Waals surface area contributed by atoms with E-state index in [2.05, 4.69) is 77.2 Å². The molecular weight excluding hydrogens is 326 g/mol. The van der Waals surface area contributed by atoms with Gasteiger partial charge in [-0.05, 0) is 64.6 Å². The minimum absolute atomic E-state index is 0.945. The van der Waals surface area contributed by atoms with Crippen LogP contribution in [0.15, 0.2) is 22.7 Å². The zero-order valence-corrected chi connectivity index (χ0v) is 15.5. The molecule has 3 nitrogen and oxygen atoms in total. The van der Waals surface area contributed by atoms with Crippen molar-refractivity contribution < 1.29 is 0 Å². The zero-order valence-electron chi connectivity index (χ0n) is 14.0. The molecule has 0 heterocycles. The molecule has 0 radical (unpaired) electrons. The van der Waals surface area contributed by atoms with Crippen LogP contribution < -0.4 is 10.2 Å². The number of rotatable bonds is 10. The molecule has 21 heavy (non-hydrogen) atoms. The van der Waals surface area contributed by atoms with E-state index in [4.69, 9.17) is 0 Å². The molecule has 1 rings (SSSR count). The topological polar surface area (TPSA) is 18.5 Å². The van der Waals surface area contributed by atoms with Crippen molar-refractivity contribution in [3.05, 3.63) is 28.2 Å². The molecule has 1 aromatic carbocycles. The summed E-state index contributed by atoms with van der Waals surface area (Å²) in [5.74, 6) is 0. The predicted molar refractivity (Wildman–Crippen MR) is 97.2 cm³/mol. The highest BCUT2D eigenvalue weighted by atomic mass is 79.9. The van der Waals surface area contributed by atoms with E-state index in [0.717, 1.165) is 37.2 Å². The van der Waals surface area contributed by atoms with Gasteiger partial charge in [-0.15, -0.1) is 0 Å². The van der Waals surface area contributed by atoms with Gasteiger partial charge in [-0.3, -0.25) is 0 Å². The van der Waals surface area contributed by atoms with Crippen LogP contribution in [0, 0.1) is 0 Å². The lowest BCUT2D eigenvalue weighted by atomic mass is 10.1. The van der Waals surface area contributed by atoms with Gasteiger partial charge in [0.15, 0.2) is 0 Å². The SMILES string of the molecule is CCCNCc1ccc(Br)cc1N(CC)CCCN(C)C. The molecule has 0 aliphatic carbocycles. The summed E-state index contributed by atoms with van der Waals surface area (Å²) in [6, 6.07) is 6.62. The molecule has 0 aromatic heterocycles. The minimum atomic E-state index is 0.945. The van der Waals surface area contributed by atoms with Crippen LogP contribution in [0.5, 0.6) is 0 Å². The Balaban J connectivity index is 2.77. The number of nitrogens with zero attached hydrogens (tertiary/aromatic N) is 2. The summed E-state index contributed by atoms with van der Waals surface area (Å²) < 4.78 is 1.16. The zero-order chi connectivity index (χ0) is 15.7. The average Bonchev–Trinajstić information content (AvgIpc) is 2.45. The quantitative estimate of drug-likeness (QED) is 0.645. The molecular formula is C17H30BrN3. The van der Waals surface area contributed by atoms with Gasteiger partial charge in [0, 0.05) is 29.8 Å². The van der Waals surface area contributed by atoms with Gasteiger partial charge in [0.25, 0.3) is 0 Å². The Morgan fingerprint density at radius 1 is 1.14 bits per heavy atom. The van der Waals surface area contributed by atoms with Crippen LogP contribution in [0.2, 0.25) is 0 Å². The summed E-state index contributed by atoms with van der Waals surface area (Å²) in [6.45, 7) is 9.74. The predicted octanol–water partition coefficient (Wildman–Crippen LogP) is 3.73. The van der Waals surface area contributed by atoms with Gasteiger partial charge in [0.2, 0.25) is 0 Å². The van der Waals surface area contributed by atoms with E-state index in [0.29, 0.717) is 0 Å². The summed E-state index contributed by atoms with van der Waals surface area (Å²) in [4.78, 5) is 4.73. The molecule has 120 valence electrons. The van der Waals surface area contributed by atoms with Gasteiger partial charge in [-0.2, -0.15) is 0 Å². The summed E-state index contributed by atoms with van der Waals surface area (Å²) in [7, 11) is 4.27. The molecule has 0 amide bonds. The Hall–Kier alpha value is -0.580. The standard InChI is InChI=1S/C17H30BrN3/c1-5-10-19-14-15-8-9-16(18)13-17(15)21(6-2)12-7-11-20(3)4/h8-9,13,19H,5-7,10-12,14H2,1-4H3. The molecule has 0 unspecified atom stereocenters. The number of hydrogen-bond acceptors (Lipinski definition) is 3. The van der Waals surface area contributed by atoms with Crippen molar-refractivity contribution in [2.45, 2.75) is 33.2 Å². The fourth-order valence-corrected chi connectivity index (χ4v) is 2.76. The number of halogens is 1. The van der Waals surface area contributed by atoms with Crippen LogP contribution in [-0.4, -0.2) is 45.2 Å². The smallest absolute Gasteiger partial charge is 0.0423 e. The monoisotopic (exact) mass is 355 g/mol. The summed E-state index contributed by atoms with van der Waals surface area (Å²) in [5, 5.41) is 3.51. The van der Waals surface area contributed by atoms with Crippen LogP contribution in [0.3, 0.4) is 0 Å². The van der Waals surface area contributed by atoms with Crippen LogP contribution >= 0.6 is 15.9 Å². The molecule has 0 saturated carbocycles. The fourth-order valence-electron chi connectivity index (χ4n) is 2.41. The third-order valence-corrected chi connectivity index (χ3v) is 4.04. The first-order valence-corrected chi connectivity index (χ1v) is 8.76. The Labute approximate surface area is 138 Å². The lowest BCUT2D eigenvalue weighted by Crippen LogP contribution is -2.28. The van der Waals surface area contributed by atoms with Crippen LogP contribution in [0.1, 0.15) is 32.3 Å². The second-order valence-corrected chi connectivity index (χ2v) is 6.60. The Kier molecular flexibility index (Phi) is 8.97. The van der Waals surface area contributed by atoms with Crippen LogP contribution in [-0.2, 0) is 6.54 Å². The second kappa shape index (κ2) is 10.2. The van der Waals surface area contributed by atoms with Gasteiger partial charge in [0.05, 0.1) is 0 Å². The summed E-state index contributed by atoms with van der Waals surface area (Å²) in [5.41, 5.74) is 2.74. The number of hydrogen-bond donors (Lipinski definition) is 1. The highest BCUT2D eigenvalue weighted by molar-refractivity contribution is 9.10. The molecule has 1 aromatic rings. The molecule has 1 N–H and O–H groups in total. The Morgan fingerprint density at radius 2 is 1.90 bits per heavy atom. The molecule has 0 spiro atoms. The summed E-state index contributed by atoms with van der Waals surface area (Å²) >= 11 is 3.61. The van der Waals surface area contributed by atoms with E-state index in [-0.39, 0.29) is 0 Å². The fraction of sp³-hybridized carbons (Fsp3) is 0.647. The van der Waals surface area contributed by atoms with Crippen molar-refractivity contribution in [1.82, 2.24) is 10.2 Å². The van der Waals surface area contributed by atoms with E-state index >= 15 is 0 Å². The lowest BCUT2D eigenvalue weighted by Gasteiger charge is -2.27. The third kappa shape index (κ3) is 6.81. The first kappa shape index (κ1) is 18.5. The largest absolute Gasteiger partial charge is 0.371 e. The van der Waals surface area contributed by atoms with Crippen molar-refractivity contribution >= 4 is 21.6 Å². The highest BCUT2D eigenvalue weighted by Gasteiger charge is 2.10. The number of anilines is 1. The average molecular weight is 356 g/mol. The van der Waals surface area contributed by atoms with Gasteiger partial charge in [-0.25, -0.2) is 0 Å². The molecule has 0 aliphatic rings. The van der Waals surface area contributed by atoms with E-state index in [1.165, 1.54) is 24.1 Å². The first-order valence-electron chi connectivity index (χ1n) is 7.97. The van der Waals surface area contributed by atoms with Crippen LogP contribution in [0.25, 0.3) is 0 Å². The minimum Gasteiger partial charge on any atom is -0.371 e. The Morgan fingerprint density at radius 3 is 2.52 bits per heavy atom. The highest BCUT2D eigenvalue weighted by Crippen LogP contribution is 2.25. The third-order valence-electron chi connectivity index (χ3n) is 3.55. The molecule has 0 fully saturated rings. The number of benzene rings is 1. The first-order chi connectivity index (χ1) is 10.1.